The first-order valence-electron chi connectivity index (χ1n) is 12.5. The summed E-state index contributed by atoms with van der Waals surface area (Å²) in [5.41, 5.74) is 4.73. The molecule has 37 heavy (non-hydrogen) atoms. The van der Waals surface area contributed by atoms with Gasteiger partial charge in [-0.2, -0.15) is 0 Å². The molecule has 1 aliphatic heterocycles. The number of aromatic nitrogens is 3. The second-order valence-electron chi connectivity index (χ2n) is 9.70. The van der Waals surface area contributed by atoms with Crippen LogP contribution in [0, 0.1) is 17.0 Å². The van der Waals surface area contributed by atoms with Crippen molar-refractivity contribution >= 4 is 22.4 Å². The van der Waals surface area contributed by atoms with Crippen molar-refractivity contribution in [2.24, 2.45) is 7.05 Å². The summed E-state index contributed by atoms with van der Waals surface area (Å²) in [5.74, 6) is -0.154. The molecule has 190 valence electrons. The van der Waals surface area contributed by atoms with E-state index in [2.05, 4.69) is 25.8 Å². The van der Waals surface area contributed by atoms with Gasteiger partial charge in [0, 0.05) is 74.4 Å². The van der Waals surface area contributed by atoms with Crippen LogP contribution in [0.5, 0.6) is 0 Å². The van der Waals surface area contributed by atoms with E-state index in [1.807, 2.05) is 61.3 Å². The van der Waals surface area contributed by atoms with Crippen molar-refractivity contribution in [3.8, 4) is 0 Å². The third kappa shape index (κ3) is 5.36. The highest BCUT2D eigenvalue weighted by Gasteiger charge is 2.27. The fraction of sp³-hybridized carbons (Fsp3) is 0.321. The molecule has 1 saturated heterocycles. The van der Waals surface area contributed by atoms with E-state index in [-0.39, 0.29) is 17.3 Å². The smallest absolute Gasteiger partial charge is 0.363 e. The van der Waals surface area contributed by atoms with E-state index in [4.69, 9.17) is 0 Å². The highest BCUT2D eigenvalue weighted by Crippen LogP contribution is 2.26. The number of para-hydroxylation sites is 1. The maximum absolute atomic E-state index is 13.5. The molecule has 0 radical (unpaired) electrons. The van der Waals surface area contributed by atoms with Crippen LogP contribution >= 0.6 is 0 Å². The molecule has 0 spiro atoms. The van der Waals surface area contributed by atoms with Gasteiger partial charge in [-0.3, -0.25) is 14.7 Å². The molecule has 1 aromatic carbocycles. The first-order chi connectivity index (χ1) is 17.9. The number of anilines is 1. The minimum atomic E-state index is -0.481. The lowest BCUT2D eigenvalue weighted by Crippen LogP contribution is -2.48. The molecule has 0 saturated carbocycles. The van der Waals surface area contributed by atoms with Crippen LogP contribution in [0.3, 0.4) is 0 Å². The van der Waals surface area contributed by atoms with Gasteiger partial charge < -0.3 is 19.6 Å². The molecular weight excluding hydrogens is 468 g/mol. The highest BCUT2D eigenvalue weighted by atomic mass is 16.6. The van der Waals surface area contributed by atoms with Crippen LogP contribution < -0.4 is 10.3 Å². The number of nitro groups is 1. The van der Waals surface area contributed by atoms with Gasteiger partial charge >= 0.3 is 5.82 Å². The number of hydrogen-bond acceptors (Lipinski definition) is 7. The Kier molecular flexibility index (Phi) is 6.96. The summed E-state index contributed by atoms with van der Waals surface area (Å²) >= 11 is 0. The molecule has 3 aromatic heterocycles. The van der Waals surface area contributed by atoms with Crippen molar-refractivity contribution < 1.29 is 4.92 Å². The fourth-order valence-corrected chi connectivity index (χ4v) is 5.25. The van der Waals surface area contributed by atoms with Gasteiger partial charge in [0.1, 0.15) is 0 Å². The van der Waals surface area contributed by atoms with Crippen molar-refractivity contribution in [2.45, 2.75) is 38.9 Å². The lowest BCUT2D eigenvalue weighted by Gasteiger charge is -2.40. The molecular formula is C28H30N6O3. The fourth-order valence-electron chi connectivity index (χ4n) is 5.25. The van der Waals surface area contributed by atoms with Crippen molar-refractivity contribution in [2.75, 3.05) is 18.0 Å². The Hall–Kier alpha value is -4.11. The van der Waals surface area contributed by atoms with Gasteiger partial charge in [0.2, 0.25) is 0 Å². The zero-order valence-corrected chi connectivity index (χ0v) is 21.1. The lowest BCUT2D eigenvalue weighted by molar-refractivity contribution is -0.389. The normalized spacial score (nSPS) is 15.9. The van der Waals surface area contributed by atoms with Gasteiger partial charge in [0.25, 0.3) is 0 Å². The van der Waals surface area contributed by atoms with Crippen molar-refractivity contribution in [1.82, 2.24) is 19.4 Å². The van der Waals surface area contributed by atoms with Crippen LogP contribution in [0.1, 0.15) is 29.7 Å². The Morgan fingerprint density at radius 3 is 2.73 bits per heavy atom. The number of pyridine rings is 3. The van der Waals surface area contributed by atoms with Crippen LogP contribution in [0.25, 0.3) is 10.9 Å². The van der Waals surface area contributed by atoms with E-state index in [1.165, 1.54) is 6.07 Å². The summed E-state index contributed by atoms with van der Waals surface area (Å²) in [4.78, 5) is 37.0. The number of piperidine rings is 1. The number of benzene rings is 1. The zero-order chi connectivity index (χ0) is 25.9. The molecule has 1 aliphatic rings. The van der Waals surface area contributed by atoms with Gasteiger partial charge in [-0.25, -0.2) is 0 Å². The molecule has 1 fully saturated rings. The summed E-state index contributed by atoms with van der Waals surface area (Å²) in [6.45, 7) is 4.80. The van der Waals surface area contributed by atoms with E-state index in [9.17, 15) is 14.9 Å². The molecule has 0 aliphatic carbocycles. The largest absolute Gasteiger partial charge is 0.367 e. The van der Waals surface area contributed by atoms with Crippen LogP contribution in [0.2, 0.25) is 0 Å². The summed E-state index contributed by atoms with van der Waals surface area (Å²) < 4.78 is 2.02. The van der Waals surface area contributed by atoms with E-state index in [1.54, 1.807) is 12.3 Å². The molecule has 9 heteroatoms. The van der Waals surface area contributed by atoms with E-state index in [0.717, 1.165) is 59.3 Å². The molecule has 5 rings (SSSR count). The predicted molar refractivity (Wildman–Crippen MR) is 144 cm³/mol. The maximum Gasteiger partial charge on any atom is 0.363 e. The molecule has 4 aromatic rings. The standard InChI is InChI=1S/C28H30N6O3/c1-20-14-21(11-12-29-20)16-33(18-22-17-31(2)26-8-4-3-7-25(26)28(22)35)24-6-5-13-32(19-24)23-9-10-27(30-15-23)34(36)37/h3-4,7-12,14-15,17,24H,5-6,13,16,18-19H2,1-2H3/t24-/m0/s1. The summed E-state index contributed by atoms with van der Waals surface area (Å²) in [6.07, 6.45) is 7.33. The van der Waals surface area contributed by atoms with Crippen molar-refractivity contribution in [3.05, 3.63) is 104 Å². The topological polar surface area (TPSA) is 97.4 Å². The van der Waals surface area contributed by atoms with E-state index in [0.29, 0.717) is 13.1 Å². The third-order valence-corrected chi connectivity index (χ3v) is 7.09. The quantitative estimate of drug-likeness (QED) is 0.278. The molecule has 0 N–H and O–H groups in total. The summed E-state index contributed by atoms with van der Waals surface area (Å²) in [6, 6.07) is 15.2. The van der Waals surface area contributed by atoms with Crippen LogP contribution in [-0.4, -0.2) is 43.5 Å². The van der Waals surface area contributed by atoms with Crippen molar-refractivity contribution in [1.29, 1.82) is 0 Å². The van der Waals surface area contributed by atoms with Gasteiger partial charge in [-0.15, -0.1) is 0 Å². The van der Waals surface area contributed by atoms with Gasteiger partial charge in [-0.05, 0) is 65.6 Å². The summed E-state index contributed by atoms with van der Waals surface area (Å²) in [7, 11) is 1.98. The van der Waals surface area contributed by atoms with Crippen molar-refractivity contribution in [3.63, 3.8) is 0 Å². The molecule has 0 bridgehead atoms. The average Bonchev–Trinajstić information content (AvgIpc) is 2.91. The van der Waals surface area contributed by atoms with Crippen LogP contribution in [0.15, 0.2) is 71.9 Å². The molecule has 4 heterocycles. The Balaban J connectivity index is 1.46. The van der Waals surface area contributed by atoms with Crippen LogP contribution in [0.4, 0.5) is 11.5 Å². The Bertz CT molecular complexity index is 1480. The highest BCUT2D eigenvalue weighted by molar-refractivity contribution is 5.79. The number of rotatable bonds is 7. The Morgan fingerprint density at radius 1 is 1.14 bits per heavy atom. The molecule has 0 unspecified atom stereocenters. The first-order valence-corrected chi connectivity index (χ1v) is 12.5. The maximum atomic E-state index is 13.5. The second-order valence-corrected chi connectivity index (χ2v) is 9.70. The monoisotopic (exact) mass is 498 g/mol. The Labute approximate surface area is 215 Å². The molecule has 9 nitrogen and oxygen atoms in total. The number of fused-ring (bicyclic) bond motifs is 1. The van der Waals surface area contributed by atoms with Gasteiger partial charge in [-0.1, -0.05) is 12.1 Å². The van der Waals surface area contributed by atoms with E-state index >= 15 is 0 Å². The SMILES string of the molecule is Cc1cc(CN(Cc2cn(C)c3ccccc3c2=O)[C@H]2CCCN(c3ccc([N+](=O)[O-])nc3)C2)ccn1. The number of nitrogens with zero attached hydrogens (tertiary/aromatic N) is 6. The van der Waals surface area contributed by atoms with Gasteiger partial charge in [0.05, 0.1) is 11.2 Å². The second kappa shape index (κ2) is 10.5. The molecule has 0 amide bonds. The number of hydrogen-bond donors (Lipinski definition) is 0. The zero-order valence-electron chi connectivity index (χ0n) is 21.1. The average molecular weight is 499 g/mol. The summed E-state index contributed by atoms with van der Waals surface area (Å²) in [5, 5.41) is 11.8. The van der Waals surface area contributed by atoms with Gasteiger partial charge in [0.15, 0.2) is 11.6 Å². The third-order valence-electron chi connectivity index (χ3n) is 7.09. The van der Waals surface area contributed by atoms with E-state index < -0.39 is 4.92 Å². The lowest BCUT2D eigenvalue weighted by atomic mass is 10.0. The Morgan fingerprint density at radius 2 is 1.97 bits per heavy atom. The molecule has 1 atom stereocenters. The minimum absolute atomic E-state index is 0.0665. The number of aryl methyl sites for hydroxylation is 2. The first kappa shape index (κ1) is 24.6. The minimum Gasteiger partial charge on any atom is -0.367 e. The van der Waals surface area contributed by atoms with Crippen LogP contribution in [-0.2, 0) is 20.1 Å². The predicted octanol–water partition coefficient (Wildman–Crippen LogP) is 4.22.